The minimum absolute atomic E-state index is 0.300. The van der Waals surface area contributed by atoms with Gasteiger partial charge in [0.05, 0.1) is 12.7 Å². The van der Waals surface area contributed by atoms with E-state index in [9.17, 15) is 4.79 Å². The molecule has 0 aliphatic heterocycles. The highest BCUT2D eigenvalue weighted by Crippen LogP contribution is 2.29. The van der Waals surface area contributed by atoms with E-state index in [-0.39, 0.29) is 5.54 Å². The van der Waals surface area contributed by atoms with Crippen LogP contribution in [0.5, 0.6) is 5.75 Å². The minimum atomic E-state index is -0.911. The molecule has 0 heterocycles. The number of benzene rings is 2. The van der Waals surface area contributed by atoms with Gasteiger partial charge in [0.25, 0.3) is 0 Å². The average molecular weight is 299 g/mol. The largest absolute Gasteiger partial charge is 0.496 e. The summed E-state index contributed by atoms with van der Waals surface area (Å²) in [6.45, 7) is 4.73. The molecule has 0 bridgehead atoms. The van der Waals surface area contributed by atoms with Gasteiger partial charge in [0.15, 0.2) is 0 Å². The Labute approximate surface area is 130 Å². The summed E-state index contributed by atoms with van der Waals surface area (Å²) < 4.78 is 5.42. The molecule has 0 spiro atoms. The summed E-state index contributed by atoms with van der Waals surface area (Å²) in [7, 11) is 1.66. The van der Waals surface area contributed by atoms with Crippen molar-refractivity contribution in [2.24, 2.45) is 0 Å². The number of carboxylic acid groups (broad SMARTS) is 1. The lowest BCUT2D eigenvalue weighted by Gasteiger charge is -2.28. The van der Waals surface area contributed by atoms with Crippen molar-refractivity contribution < 1.29 is 14.6 Å². The third kappa shape index (κ3) is 3.65. The molecule has 0 unspecified atom stereocenters. The zero-order valence-corrected chi connectivity index (χ0v) is 13.1. The fourth-order valence-corrected chi connectivity index (χ4v) is 2.39. The Morgan fingerprint density at radius 3 is 2.59 bits per heavy atom. The number of aromatic carboxylic acids is 1. The molecule has 0 fully saturated rings. The Morgan fingerprint density at radius 2 is 1.91 bits per heavy atom. The first-order chi connectivity index (χ1) is 10.4. The Kier molecular flexibility index (Phi) is 4.83. The molecular weight excluding hydrogens is 278 g/mol. The van der Waals surface area contributed by atoms with Crippen LogP contribution in [-0.4, -0.2) is 18.2 Å². The molecule has 0 amide bonds. The summed E-state index contributed by atoms with van der Waals surface area (Å²) in [6, 6.07) is 14.8. The standard InChI is InChI=1S/C18H21NO3/c1-18(2,15-9-4-5-10-16(15)22-3)19-12-13-7-6-8-14(11-13)17(20)21/h4-11,19H,12H2,1-3H3,(H,20,21). The van der Waals surface area contributed by atoms with Crippen LogP contribution in [0, 0.1) is 0 Å². The number of para-hydroxylation sites is 1. The Bertz CT molecular complexity index is 665. The molecule has 0 saturated carbocycles. The summed E-state index contributed by atoms with van der Waals surface area (Å²) in [5.41, 5.74) is 2.00. The van der Waals surface area contributed by atoms with Gasteiger partial charge in [-0.3, -0.25) is 0 Å². The van der Waals surface area contributed by atoms with E-state index >= 15 is 0 Å². The first-order valence-electron chi connectivity index (χ1n) is 7.15. The van der Waals surface area contributed by atoms with E-state index in [1.807, 2.05) is 30.3 Å². The molecule has 0 saturated heterocycles. The van der Waals surface area contributed by atoms with Crippen LogP contribution in [0.1, 0.15) is 35.3 Å². The molecule has 2 aromatic carbocycles. The lowest BCUT2D eigenvalue weighted by molar-refractivity contribution is 0.0696. The smallest absolute Gasteiger partial charge is 0.335 e. The fraction of sp³-hybridized carbons (Fsp3) is 0.278. The Morgan fingerprint density at radius 1 is 1.18 bits per heavy atom. The van der Waals surface area contributed by atoms with Gasteiger partial charge in [0.1, 0.15) is 5.75 Å². The Balaban J connectivity index is 2.16. The zero-order valence-electron chi connectivity index (χ0n) is 13.1. The molecule has 22 heavy (non-hydrogen) atoms. The van der Waals surface area contributed by atoms with Crippen molar-refractivity contribution in [1.29, 1.82) is 0 Å². The number of nitrogens with one attached hydrogen (secondary N) is 1. The second kappa shape index (κ2) is 6.62. The summed E-state index contributed by atoms with van der Waals surface area (Å²) in [5.74, 6) is -0.0786. The van der Waals surface area contributed by atoms with Gasteiger partial charge < -0.3 is 15.2 Å². The normalized spacial score (nSPS) is 11.2. The van der Waals surface area contributed by atoms with Gasteiger partial charge in [-0.25, -0.2) is 4.79 Å². The van der Waals surface area contributed by atoms with Crippen molar-refractivity contribution in [3.8, 4) is 5.75 Å². The lowest BCUT2D eigenvalue weighted by Crippen LogP contribution is -2.36. The monoisotopic (exact) mass is 299 g/mol. The molecule has 0 aliphatic carbocycles. The van der Waals surface area contributed by atoms with Crippen molar-refractivity contribution in [2.75, 3.05) is 7.11 Å². The maximum atomic E-state index is 11.0. The summed E-state index contributed by atoms with van der Waals surface area (Å²) in [6.07, 6.45) is 0. The van der Waals surface area contributed by atoms with Gasteiger partial charge in [-0.15, -0.1) is 0 Å². The number of ether oxygens (including phenoxy) is 1. The van der Waals surface area contributed by atoms with E-state index in [2.05, 4.69) is 19.2 Å². The maximum absolute atomic E-state index is 11.0. The van der Waals surface area contributed by atoms with Crippen molar-refractivity contribution >= 4 is 5.97 Å². The van der Waals surface area contributed by atoms with Gasteiger partial charge >= 0.3 is 5.97 Å². The summed E-state index contributed by atoms with van der Waals surface area (Å²) in [5, 5.41) is 12.5. The number of carboxylic acids is 1. The molecule has 0 aliphatic rings. The SMILES string of the molecule is COc1ccccc1C(C)(C)NCc1cccc(C(=O)O)c1. The topological polar surface area (TPSA) is 58.6 Å². The van der Waals surface area contributed by atoms with Crippen molar-refractivity contribution in [2.45, 2.75) is 25.9 Å². The number of hydrogen-bond donors (Lipinski definition) is 2. The predicted octanol–water partition coefficient (Wildman–Crippen LogP) is 3.42. The molecule has 0 atom stereocenters. The van der Waals surface area contributed by atoms with Crippen LogP contribution in [0.2, 0.25) is 0 Å². The van der Waals surface area contributed by atoms with Crippen LogP contribution in [0.25, 0.3) is 0 Å². The third-order valence-electron chi connectivity index (χ3n) is 3.69. The number of rotatable bonds is 6. The number of hydrogen-bond acceptors (Lipinski definition) is 3. The molecule has 116 valence electrons. The minimum Gasteiger partial charge on any atom is -0.496 e. The molecule has 0 aromatic heterocycles. The van der Waals surface area contributed by atoms with Crippen molar-refractivity contribution in [1.82, 2.24) is 5.32 Å². The molecule has 2 rings (SSSR count). The third-order valence-corrected chi connectivity index (χ3v) is 3.69. The van der Waals surface area contributed by atoms with Crippen LogP contribution in [0.3, 0.4) is 0 Å². The van der Waals surface area contributed by atoms with Crippen molar-refractivity contribution in [3.63, 3.8) is 0 Å². The molecule has 4 nitrogen and oxygen atoms in total. The maximum Gasteiger partial charge on any atom is 0.335 e. The quantitative estimate of drug-likeness (QED) is 0.858. The first kappa shape index (κ1) is 16.0. The first-order valence-corrected chi connectivity index (χ1v) is 7.15. The summed E-state index contributed by atoms with van der Waals surface area (Å²) in [4.78, 5) is 11.0. The van der Waals surface area contributed by atoms with E-state index in [1.54, 1.807) is 25.3 Å². The van der Waals surface area contributed by atoms with Gasteiger partial charge in [-0.05, 0) is 37.6 Å². The molecule has 0 radical (unpaired) electrons. The lowest BCUT2D eigenvalue weighted by atomic mass is 9.93. The predicted molar refractivity (Wildman–Crippen MR) is 86.3 cm³/mol. The number of carbonyl (C=O) groups is 1. The highest BCUT2D eigenvalue weighted by molar-refractivity contribution is 5.87. The highest BCUT2D eigenvalue weighted by Gasteiger charge is 2.23. The second-order valence-corrected chi connectivity index (χ2v) is 5.68. The highest BCUT2D eigenvalue weighted by atomic mass is 16.5. The van der Waals surface area contributed by atoms with E-state index < -0.39 is 5.97 Å². The average Bonchev–Trinajstić information content (AvgIpc) is 2.53. The van der Waals surface area contributed by atoms with Crippen LogP contribution in [0.4, 0.5) is 0 Å². The summed E-state index contributed by atoms with van der Waals surface area (Å²) >= 11 is 0. The molecule has 4 heteroatoms. The Hall–Kier alpha value is -2.33. The van der Waals surface area contributed by atoms with E-state index in [0.717, 1.165) is 16.9 Å². The molecule has 2 aromatic rings. The van der Waals surface area contributed by atoms with Crippen LogP contribution >= 0.6 is 0 Å². The van der Waals surface area contributed by atoms with Crippen LogP contribution < -0.4 is 10.1 Å². The fourth-order valence-electron chi connectivity index (χ4n) is 2.39. The van der Waals surface area contributed by atoms with Gasteiger partial charge in [-0.1, -0.05) is 30.3 Å². The molecule has 2 N–H and O–H groups in total. The van der Waals surface area contributed by atoms with E-state index in [4.69, 9.17) is 9.84 Å². The number of methoxy groups -OCH3 is 1. The van der Waals surface area contributed by atoms with Crippen LogP contribution in [-0.2, 0) is 12.1 Å². The van der Waals surface area contributed by atoms with Crippen LogP contribution in [0.15, 0.2) is 48.5 Å². The van der Waals surface area contributed by atoms with Gasteiger partial charge in [-0.2, -0.15) is 0 Å². The second-order valence-electron chi connectivity index (χ2n) is 5.68. The van der Waals surface area contributed by atoms with E-state index in [1.165, 1.54) is 0 Å². The van der Waals surface area contributed by atoms with Gasteiger partial charge in [0.2, 0.25) is 0 Å². The zero-order chi connectivity index (χ0) is 16.2. The molecular formula is C18H21NO3. The van der Waals surface area contributed by atoms with Crippen molar-refractivity contribution in [3.05, 3.63) is 65.2 Å². The van der Waals surface area contributed by atoms with E-state index in [0.29, 0.717) is 12.1 Å². The van der Waals surface area contributed by atoms with Gasteiger partial charge in [0, 0.05) is 17.6 Å².